The van der Waals surface area contributed by atoms with E-state index in [9.17, 15) is 0 Å². The van der Waals surface area contributed by atoms with Gasteiger partial charge in [0.05, 0.1) is 0 Å². The van der Waals surface area contributed by atoms with Crippen LogP contribution in [0.25, 0.3) is 0 Å². The van der Waals surface area contributed by atoms with Gasteiger partial charge in [-0.15, -0.1) is 0 Å². The fourth-order valence-electron chi connectivity index (χ4n) is 3.05. The smallest absolute Gasteiger partial charge is 0.132 e. The van der Waals surface area contributed by atoms with Crippen LogP contribution in [0.5, 0.6) is 0 Å². The predicted molar refractivity (Wildman–Crippen MR) is 82.0 cm³/mol. The van der Waals surface area contributed by atoms with Gasteiger partial charge in [0.25, 0.3) is 0 Å². The van der Waals surface area contributed by atoms with E-state index in [0.717, 1.165) is 24.8 Å². The van der Waals surface area contributed by atoms with Crippen molar-refractivity contribution in [2.45, 2.75) is 71.8 Å². The van der Waals surface area contributed by atoms with Gasteiger partial charge in [0.1, 0.15) is 5.82 Å². The van der Waals surface area contributed by atoms with Crippen molar-refractivity contribution in [3.63, 3.8) is 0 Å². The van der Waals surface area contributed by atoms with E-state index in [0.29, 0.717) is 11.3 Å². The molecule has 1 N–H and O–H groups in total. The lowest BCUT2D eigenvalue weighted by Crippen LogP contribution is -2.18. The maximum Gasteiger partial charge on any atom is 0.132 e. The zero-order valence-electron chi connectivity index (χ0n) is 13.3. The van der Waals surface area contributed by atoms with Gasteiger partial charge in [-0.2, -0.15) is 0 Å². The van der Waals surface area contributed by atoms with Crippen LogP contribution in [-0.4, -0.2) is 22.6 Å². The lowest BCUT2D eigenvalue weighted by atomic mass is 10.1. The lowest BCUT2D eigenvalue weighted by Gasteiger charge is -2.12. The van der Waals surface area contributed by atoms with Gasteiger partial charge in [-0.1, -0.05) is 13.8 Å². The van der Waals surface area contributed by atoms with Crippen molar-refractivity contribution in [1.29, 1.82) is 0 Å². The third-order valence-electron chi connectivity index (χ3n) is 4.88. The summed E-state index contributed by atoms with van der Waals surface area (Å²) in [6.07, 6.45) is 6.26. The minimum absolute atomic E-state index is 0.411. The third kappa shape index (κ3) is 3.03. The summed E-state index contributed by atoms with van der Waals surface area (Å²) >= 11 is 0. The quantitative estimate of drug-likeness (QED) is 0.808. The summed E-state index contributed by atoms with van der Waals surface area (Å²) in [6, 6.07) is 0.813. The summed E-state index contributed by atoms with van der Waals surface area (Å²) in [6.45, 7) is 10.0. The molecular weight excluding hydrogens is 246 g/mol. The number of nitrogens with zero attached hydrogens (tertiary/aromatic N) is 2. The highest BCUT2D eigenvalue weighted by atomic mass is 14.9. The van der Waals surface area contributed by atoms with Gasteiger partial charge in [0, 0.05) is 23.3 Å². The summed E-state index contributed by atoms with van der Waals surface area (Å²) in [5.41, 5.74) is 4.17. The van der Waals surface area contributed by atoms with E-state index in [1.807, 2.05) is 0 Å². The number of aromatic nitrogens is 2. The average molecular weight is 273 g/mol. The van der Waals surface area contributed by atoms with Crippen LogP contribution >= 0.6 is 0 Å². The van der Waals surface area contributed by atoms with Crippen LogP contribution in [0.4, 0.5) is 0 Å². The number of rotatable bonds is 6. The second-order valence-corrected chi connectivity index (χ2v) is 7.31. The molecule has 20 heavy (non-hydrogen) atoms. The molecule has 3 heteroatoms. The molecule has 0 spiro atoms. The zero-order chi connectivity index (χ0) is 14.3. The monoisotopic (exact) mass is 273 g/mol. The van der Waals surface area contributed by atoms with Crippen molar-refractivity contribution in [3.05, 3.63) is 22.8 Å². The largest absolute Gasteiger partial charge is 0.314 e. The van der Waals surface area contributed by atoms with Crippen LogP contribution < -0.4 is 5.32 Å². The lowest BCUT2D eigenvalue weighted by molar-refractivity contribution is 0.603. The van der Waals surface area contributed by atoms with Gasteiger partial charge in [-0.05, 0) is 63.5 Å². The minimum Gasteiger partial charge on any atom is -0.314 e. The maximum atomic E-state index is 4.79. The van der Waals surface area contributed by atoms with Gasteiger partial charge in [0.2, 0.25) is 0 Å². The fourth-order valence-corrected chi connectivity index (χ4v) is 3.05. The van der Waals surface area contributed by atoms with Crippen LogP contribution in [0.3, 0.4) is 0 Å². The van der Waals surface area contributed by atoms with E-state index in [2.05, 4.69) is 33.0 Å². The van der Waals surface area contributed by atoms with Gasteiger partial charge in [-0.25, -0.2) is 9.97 Å². The summed E-state index contributed by atoms with van der Waals surface area (Å²) < 4.78 is 0. The Labute approximate surface area is 122 Å². The molecule has 3 rings (SSSR count). The van der Waals surface area contributed by atoms with Crippen molar-refractivity contribution in [2.75, 3.05) is 6.54 Å². The molecule has 2 aliphatic rings. The van der Waals surface area contributed by atoms with Crippen molar-refractivity contribution in [1.82, 2.24) is 15.3 Å². The van der Waals surface area contributed by atoms with Crippen LogP contribution in [0.2, 0.25) is 0 Å². The number of hydrogen-bond donors (Lipinski definition) is 1. The molecule has 0 amide bonds. The van der Waals surface area contributed by atoms with Crippen molar-refractivity contribution < 1.29 is 0 Å². The van der Waals surface area contributed by atoms with Gasteiger partial charge < -0.3 is 5.32 Å². The molecular formula is C17H27N3. The number of aryl methyl sites for hydroxylation is 2. The second kappa shape index (κ2) is 5.10. The number of nitrogens with one attached hydrogen (secondary N) is 1. The van der Waals surface area contributed by atoms with E-state index in [1.54, 1.807) is 0 Å². The molecule has 0 aromatic carbocycles. The van der Waals surface area contributed by atoms with E-state index in [1.165, 1.54) is 42.6 Å². The first-order valence-electron chi connectivity index (χ1n) is 8.05. The highest BCUT2D eigenvalue weighted by Gasteiger charge is 2.48. The Balaban J connectivity index is 1.62. The standard InChI is InChI=1S/C17H27N3/c1-11-14(6-5-9-18-13-7-8-13)12(2)20-16(19-11)15-10-17(15,3)4/h13,15,18H,5-10H2,1-4H3. The highest BCUT2D eigenvalue weighted by Crippen LogP contribution is 2.57. The first-order valence-corrected chi connectivity index (χ1v) is 8.05. The molecule has 2 saturated carbocycles. The van der Waals surface area contributed by atoms with Gasteiger partial charge >= 0.3 is 0 Å². The zero-order valence-corrected chi connectivity index (χ0v) is 13.3. The van der Waals surface area contributed by atoms with E-state index >= 15 is 0 Å². The Hall–Kier alpha value is -0.960. The highest BCUT2D eigenvalue weighted by molar-refractivity contribution is 5.27. The molecule has 0 aliphatic heterocycles. The summed E-state index contributed by atoms with van der Waals surface area (Å²) in [4.78, 5) is 9.57. The summed E-state index contributed by atoms with van der Waals surface area (Å²) in [5, 5.41) is 3.58. The summed E-state index contributed by atoms with van der Waals surface area (Å²) in [5.74, 6) is 1.65. The average Bonchev–Trinajstić information content (AvgIpc) is 3.25. The first-order chi connectivity index (χ1) is 9.47. The van der Waals surface area contributed by atoms with Crippen LogP contribution in [0.1, 0.15) is 68.2 Å². The molecule has 2 aliphatic carbocycles. The molecule has 1 aromatic heterocycles. The SMILES string of the molecule is Cc1nc(C2CC2(C)C)nc(C)c1CCCNC1CC1. The maximum absolute atomic E-state index is 4.79. The Kier molecular flexibility index (Phi) is 3.57. The molecule has 110 valence electrons. The molecule has 0 bridgehead atoms. The van der Waals surface area contributed by atoms with Crippen LogP contribution in [-0.2, 0) is 6.42 Å². The van der Waals surface area contributed by atoms with Crippen molar-refractivity contribution in [3.8, 4) is 0 Å². The van der Waals surface area contributed by atoms with E-state index < -0.39 is 0 Å². The van der Waals surface area contributed by atoms with Crippen molar-refractivity contribution >= 4 is 0 Å². The fraction of sp³-hybridized carbons (Fsp3) is 0.765. The Bertz CT molecular complexity index is 480. The molecule has 1 atom stereocenters. The molecule has 0 saturated heterocycles. The van der Waals surface area contributed by atoms with Crippen LogP contribution in [0.15, 0.2) is 0 Å². The van der Waals surface area contributed by atoms with Gasteiger partial charge in [0.15, 0.2) is 0 Å². The summed E-state index contributed by atoms with van der Waals surface area (Å²) in [7, 11) is 0. The molecule has 1 unspecified atom stereocenters. The Morgan fingerprint density at radius 1 is 1.15 bits per heavy atom. The second-order valence-electron chi connectivity index (χ2n) is 7.31. The normalized spacial score (nSPS) is 23.9. The van der Waals surface area contributed by atoms with Gasteiger partial charge in [-0.3, -0.25) is 0 Å². The molecule has 0 radical (unpaired) electrons. The molecule has 1 heterocycles. The third-order valence-corrected chi connectivity index (χ3v) is 4.88. The molecule has 2 fully saturated rings. The van der Waals surface area contributed by atoms with Crippen LogP contribution in [0, 0.1) is 19.3 Å². The predicted octanol–water partition coefficient (Wildman–Crippen LogP) is 3.29. The Morgan fingerprint density at radius 2 is 1.75 bits per heavy atom. The van der Waals surface area contributed by atoms with Crippen molar-refractivity contribution in [2.24, 2.45) is 5.41 Å². The molecule has 1 aromatic rings. The van der Waals surface area contributed by atoms with E-state index in [-0.39, 0.29) is 0 Å². The van der Waals surface area contributed by atoms with E-state index in [4.69, 9.17) is 9.97 Å². The topological polar surface area (TPSA) is 37.8 Å². The molecule has 3 nitrogen and oxygen atoms in total. The Morgan fingerprint density at radius 3 is 2.25 bits per heavy atom. The first kappa shape index (κ1) is 14.0. The number of hydrogen-bond acceptors (Lipinski definition) is 3. The minimum atomic E-state index is 0.411.